The molecule has 4 heterocycles. The fourth-order valence-electron chi connectivity index (χ4n) is 3.72. The highest BCUT2D eigenvalue weighted by atomic mass is 16.5. The van der Waals surface area contributed by atoms with Gasteiger partial charge in [0, 0.05) is 20.6 Å². The van der Waals surface area contributed by atoms with Crippen LogP contribution in [0.25, 0.3) is 0 Å². The zero-order chi connectivity index (χ0) is 19.7. The monoisotopic (exact) mass is 388 g/mol. The minimum atomic E-state index is -0.481. The molecule has 150 valence electrons. The van der Waals surface area contributed by atoms with Crippen LogP contribution < -0.4 is 5.32 Å². The average molecular weight is 388 g/mol. The third-order valence-electron chi connectivity index (χ3n) is 5.24. The largest absolute Gasteiger partial charge is 0.459 e. The lowest BCUT2D eigenvalue weighted by molar-refractivity contribution is -0.122. The molecule has 4 rings (SSSR count). The number of piperidine rings is 1. The fourth-order valence-corrected chi connectivity index (χ4v) is 3.72. The van der Waals surface area contributed by atoms with Crippen LogP contribution in [0.15, 0.2) is 22.8 Å². The minimum Gasteiger partial charge on any atom is -0.459 e. The first-order chi connectivity index (χ1) is 13.5. The number of ether oxygens (including phenoxy) is 1. The van der Waals surface area contributed by atoms with Crippen LogP contribution >= 0.6 is 0 Å². The van der Waals surface area contributed by atoms with Crippen molar-refractivity contribution in [1.29, 1.82) is 0 Å². The van der Waals surface area contributed by atoms with E-state index in [4.69, 9.17) is 9.15 Å². The second-order valence-electron chi connectivity index (χ2n) is 7.47. The summed E-state index contributed by atoms with van der Waals surface area (Å²) in [7, 11) is 3.36. The van der Waals surface area contributed by atoms with Gasteiger partial charge in [0.15, 0.2) is 5.76 Å². The van der Waals surface area contributed by atoms with Gasteiger partial charge in [0.2, 0.25) is 0 Å². The Morgan fingerprint density at radius 1 is 1.36 bits per heavy atom. The lowest BCUT2D eigenvalue weighted by atomic mass is 9.91. The Hall–Kier alpha value is -2.88. The number of nitrogens with one attached hydrogen (secondary N) is 1. The summed E-state index contributed by atoms with van der Waals surface area (Å²) in [6.07, 6.45) is 3.20. The lowest BCUT2D eigenvalue weighted by Gasteiger charge is -2.44. The van der Waals surface area contributed by atoms with Crippen molar-refractivity contribution in [3.05, 3.63) is 35.5 Å². The highest BCUT2D eigenvalue weighted by Gasteiger charge is 2.43. The van der Waals surface area contributed by atoms with Crippen molar-refractivity contribution in [2.45, 2.75) is 38.1 Å². The summed E-state index contributed by atoms with van der Waals surface area (Å²) >= 11 is 0. The molecule has 0 radical (unpaired) electrons. The summed E-state index contributed by atoms with van der Waals surface area (Å²) in [5.41, 5.74) is 1.08. The van der Waals surface area contributed by atoms with Crippen LogP contribution in [0.4, 0.5) is 4.79 Å². The molecule has 0 saturated carbocycles. The van der Waals surface area contributed by atoms with E-state index in [0.29, 0.717) is 44.2 Å². The zero-order valence-electron chi connectivity index (χ0n) is 16.1. The maximum atomic E-state index is 12.6. The predicted molar refractivity (Wildman–Crippen MR) is 97.3 cm³/mol. The van der Waals surface area contributed by atoms with E-state index in [0.717, 1.165) is 18.5 Å². The van der Waals surface area contributed by atoms with Gasteiger partial charge in [-0.25, -0.2) is 9.48 Å². The third kappa shape index (κ3) is 3.47. The van der Waals surface area contributed by atoms with Gasteiger partial charge in [0.1, 0.15) is 11.3 Å². The first-order valence-electron chi connectivity index (χ1n) is 9.31. The van der Waals surface area contributed by atoms with Crippen molar-refractivity contribution < 1.29 is 18.7 Å². The SMILES string of the molecule is CN(C)C(=O)NCc1nnn2c1COC1(CCCN(C(=O)c3ccco3)C1)C2. The van der Waals surface area contributed by atoms with E-state index >= 15 is 0 Å². The Labute approximate surface area is 162 Å². The molecule has 1 atom stereocenters. The number of amides is 3. The molecule has 1 N–H and O–H groups in total. The zero-order valence-corrected chi connectivity index (χ0v) is 16.1. The second-order valence-corrected chi connectivity index (χ2v) is 7.47. The first-order valence-corrected chi connectivity index (χ1v) is 9.31. The van der Waals surface area contributed by atoms with Gasteiger partial charge in [-0.05, 0) is 25.0 Å². The lowest BCUT2D eigenvalue weighted by Crippen LogP contribution is -2.55. The molecule has 2 aliphatic rings. The number of fused-ring (bicyclic) bond motifs is 1. The number of hydrogen-bond acceptors (Lipinski definition) is 6. The molecule has 1 saturated heterocycles. The molecule has 1 unspecified atom stereocenters. The molecule has 0 aliphatic carbocycles. The fraction of sp³-hybridized carbons (Fsp3) is 0.556. The topological polar surface area (TPSA) is 106 Å². The Kier molecular flexibility index (Phi) is 4.80. The highest BCUT2D eigenvalue weighted by Crippen LogP contribution is 2.33. The van der Waals surface area contributed by atoms with Crippen LogP contribution in [0.2, 0.25) is 0 Å². The number of urea groups is 1. The van der Waals surface area contributed by atoms with Gasteiger partial charge in [-0.1, -0.05) is 5.21 Å². The number of furan rings is 1. The molecule has 10 nitrogen and oxygen atoms in total. The van der Waals surface area contributed by atoms with E-state index < -0.39 is 5.60 Å². The Morgan fingerprint density at radius 3 is 2.96 bits per heavy atom. The molecule has 2 aromatic heterocycles. The maximum Gasteiger partial charge on any atom is 0.317 e. The summed E-state index contributed by atoms with van der Waals surface area (Å²) < 4.78 is 13.3. The van der Waals surface area contributed by atoms with Gasteiger partial charge in [-0.2, -0.15) is 0 Å². The van der Waals surface area contributed by atoms with Crippen molar-refractivity contribution in [1.82, 2.24) is 30.1 Å². The predicted octanol–water partition coefficient (Wildman–Crippen LogP) is 0.848. The average Bonchev–Trinajstić information content (AvgIpc) is 3.35. The van der Waals surface area contributed by atoms with E-state index in [1.54, 1.807) is 31.1 Å². The van der Waals surface area contributed by atoms with Crippen LogP contribution in [-0.2, 0) is 24.4 Å². The van der Waals surface area contributed by atoms with E-state index in [9.17, 15) is 9.59 Å². The smallest absolute Gasteiger partial charge is 0.317 e. The van der Waals surface area contributed by atoms with Crippen LogP contribution in [0.1, 0.15) is 34.8 Å². The third-order valence-corrected chi connectivity index (χ3v) is 5.24. The Morgan fingerprint density at radius 2 is 2.21 bits per heavy atom. The van der Waals surface area contributed by atoms with E-state index in [1.807, 2.05) is 4.68 Å². The van der Waals surface area contributed by atoms with Gasteiger partial charge in [-0.15, -0.1) is 5.10 Å². The van der Waals surface area contributed by atoms with Gasteiger partial charge in [0.05, 0.1) is 38.2 Å². The van der Waals surface area contributed by atoms with Gasteiger partial charge < -0.3 is 24.3 Å². The molecular formula is C18H24N6O4. The van der Waals surface area contributed by atoms with E-state index in [1.165, 1.54) is 11.2 Å². The van der Waals surface area contributed by atoms with Gasteiger partial charge in [-0.3, -0.25) is 4.79 Å². The number of carbonyl (C=O) groups excluding carboxylic acids is 2. The van der Waals surface area contributed by atoms with Gasteiger partial charge >= 0.3 is 6.03 Å². The molecule has 2 aromatic rings. The van der Waals surface area contributed by atoms with E-state index in [-0.39, 0.29) is 11.9 Å². The molecule has 0 bridgehead atoms. The van der Waals surface area contributed by atoms with Crippen molar-refractivity contribution in [2.75, 3.05) is 27.2 Å². The van der Waals surface area contributed by atoms with Crippen molar-refractivity contribution >= 4 is 11.9 Å². The van der Waals surface area contributed by atoms with E-state index in [2.05, 4.69) is 15.6 Å². The second kappa shape index (κ2) is 7.27. The van der Waals surface area contributed by atoms with Crippen molar-refractivity contribution in [3.8, 4) is 0 Å². The minimum absolute atomic E-state index is 0.121. The number of carbonyl (C=O) groups is 2. The Balaban J connectivity index is 1.44. The summed E-state index contributed by atoms with van der Waals surface area (Å²) in [5.74, 6) is 0.220. The molecule has 2 aliphatic heterocycles. The number of nitrogens with zero attached hydrogens (tertiary/aromatic N) is 5. The van der Waals surface area contributed by atoms with Crippen LogP contribution in [0, 0.1) is 0 Å². The molecule has 1 spiro atoms. The number of rotatable bonds is 3. The van der Waals surface area contributed by atoms with Crippen LogP contribution in [-0.4, -0.2) is 69.5 Å². The van der Waals surface area contributed by atoms with Gasteiger partial charge in [0.25, 0.3) is 5.91 Å². The van der Waals surface area contributed by atoms with Crippen molar-refractivity contribution in [2.24, 2.45) is 0 Å². The normalized spacial score (nSPS) is 21.4. The quantitative estimate of drug-likeness (QED) is 0.836. The summed E-state index contributed by atoms with van der Waals surface area (Å²) in [4.78, 5) is 27.6. The molecular weight excluding hydrogens is 364 g/mol. The highest BCUT2D eigenvalue weighted by molar-refractivity contribution is 5.91. The summed E-state index contributed by atoms with van der Waals surface area (Å²) in [5, 5.41) is 11.3. The summed E-state index contributed by atoms with van der Waals surface area (Å²) in [6, 6.07) is 3.20. The first kappa shape index (κ1) is 18.5. The molecule has 1 fully saturated rings. The summed E-state index contributed by atoms with van der Waals surface area (Å²) in [6.45, 7) is 2.34. The van der Waals surface area contributed by atoms with Crippen LogP contribution in [0.3, 0.4) is 0 Å². The number of hydrogen-bond donors (Lipinski definition) is 1. The number of likely N-dealkylation sites (tertiary alicyclic amines) is 1. The maximum absolute atomic E-state index is 12.6. The Bertz CT molecular complexity index is 862. The van der Waals surface area contributed by atoms with Crippen LogP contribution in [0.5, 0.6) is 0 Å². The standard InChI is InChI=1S/C18H24N6O4/c1-22(2)17(26)19-9-13-14-10-28-18(12-24(14)21-20-13)6-4-7-23(11-18)16(25)15-5-3-8-27-15/h3,5,8H,4,6-7,9-12H2,1-2H3,(H,19,26). The molecule has 28 heavy (non-hydrogen) atoms. The molecule has 0 aromatic carbocycles. The molecule has 3 amide bonds. The molecule has 10 heteroatoms. The van der Waals surface area contributed by atoms with Crippen molar-refractivity contribution in [3.63, 3.8) is 0 Å². The number of aromatic nitrogens is 3.